The van der Waals surface area contributed by atoms with Crippen LogP contribution in [0.5, 0.6) is 0 Å². The first kappa shape index (κ1) is 11.5. The Morgan fingerprint density at radius 1 is 1.23 bits per heavy atom. The molecule has 0 spiro atoms. The maximum Gasteiger partial charge on any atom is 0.146 e. The number of alkyl halides is 1. The average molecular weight is 221 g/mol. The van der Waals surface area contributed by atoms with Crippen LogP contribution in [0.15, 0.2) is 0 Å². The van der Waals surface area contributed by atoms with Crippen molar-refractivity contribution in [1.82, 2.24) is 0 Å². The Bertz CT molecular complexity index is 170. The van der Waals surface area contributed by atoms with Crippen molar-refractivity contribution in [2.24, 2.45) is 0 Å². The van der Waals surface area contributed by atoms with Gasteiger partial charge in [0.05, 0.1) is 10.5 Å². The Morgan fingerprint density at radius 3 is 2.23 bits per heavy atom. The molecule has 13 heavy (non-hydrogen) atoms. The molecule has 0 radical (unpaired) electrons. The molecule has 78 valence electrons. The summed E-state index contributed by atoms with van der Waals surface area (Å²) in [7, 11) is 0.805. The third kappa shape index (κ3) is 1.81. The number of halogens is 1. The zero-order valence-corrected chi connectivity index (χ0v) is 11.8. The topological polar surface area (TPSA) is 9.23 Å². The van der Waals surface area contributed by atoms with E-state index in [1.807, 2.05) is 0 Å². The Balaban J connectivity index is 2.87. The van der Waals surface area contributed by atoms with Gasteiger partial charge in [-0.3, -0.25) is 0 Å². The van der Waals surface area contributed by atoms with E-state index < -0.39 is 0 Å². The Hall–Kier alpha value is 0.467. The van der Waals surface area contributed by atoms with E-state index in [4.69, 9.17) is 16.0 Å². The summed E-state index contributed by atoms with van der Waals surface area (Å²) < 4.78 is 5.84. The van der Waals surface area contributed by atoms with Crippen LogP contribution in [-0.2, 0) is 4.43 Å². The maximum absolute atomic E-state index is 6.68. The summed E-state index contributed by atoms with van der Waals surface area (Å²) in [4.78, 5) is -0.0816. The van der Waals surface area contributed by atoms with Crippen LogP contribution in [0.25, 0.3) is 0 Å². The van der Waals surface area contributed by atoms with Crippen molar-refractivity contribution in [2.75, 3.05) is 0 Å². The lowest BCUT2D eigenvalue weighted by Crippen LogP contribution is -2.53. The van der Waals surface area contributed by atoms with Gasteiger partial charge in [-0.1, -0.05) is 26.7 Å². The predicted octanol–water partition coefficient (Wildman–Crippen LogP) is 2.39. The average Bonchev–Trinajstić information content (AvgIpc) is 2.19. The van der Waals surface area contributed by atoms with Crippen molar-refractivity contribution in [3.63, 3.8) is 0 Å². The summed E-state index contributed by atoms with van der Waals surface area (Å²) >= 11 is 6.68. The molecular weight excluding hydrogens is 200 g/mol. The molecule has 0 aromatic rings. The fourth-order valence-electron chi connectivity index (χ4n) is 2.69. The molecule has 1 saturated carbocycles. The smallest absolute Gasteiger partial charge is 0.146 e. The molecule has 1 fully saturated rings. The summed E-state index contributed by atoms with van der Waals surface area (Å²) in [6, 6.07) is 0. The van der Waals surface area contributed by atoms with Crippen molar-refractivity contribution in [3.05, 3.63) is 0 Å². The molecule has 1 aliphatic carbocycles. The van der Waals surface area contributed by atoms with E-state index in [0.29, 0.717) is 0 Å². The van der Waals surface area contributed by atoms with E-state index in [-0.39, 0.29) is 10.5 Å². The van der Waals surface area contributed by atoms with Crippen LogP contribution in [-0.4, -0.2) is 21.0 Å². The van der Waals surface area contributed by atoms with Crippen LogP contribution in [0.3, 0.4) is 0 Å². The van der Waals surface area contributed by atoms with Crippen LogP contribution < -0.4 is 0 Å². The van der Waals surface area contributed by atoms with Crippen molar-refractivity contribution >= 4 is 22.1 Å². The number of hydrogen-bond donors (Lipinski definition) is 0. The minimum Gasteiger partial charge on any atom is -0.421 e. The van der Waals surface area contributed by atoms with Gasteiger partial charge in [-0.25, -0.2) is 0 Å². The lowest BCUT2D eigenvalue weighted by Gasteiger charge is -2.49. The van der Waals surface area contributed by atoms with Gasteiger partial charge in [0, 0.05) is 0 Å². The summed E-state index contributed by atoms with van der Waals surface area (Å²) in [6.45, 7) is 4.39. The third-order valence-electron chi connectivity index (χ3n) is 3.74. The molecule has 2 unspecified atom stereocenters. The largest absolute Gasteiger partial charge is 0.421 e. The highest BCUT2D eigenvalue weighted by Gasteiger charge is 2.49. The van der Waals surface area contributed by atoms with Gasteiger partial charge >= 0.3 is 0 Å². The van der Waals surface area contributed by atoms with Gasteiger partial charge in [0.2, 0.25) is 0 Å². The van der Waals surface area contributed by atoms with Gasteiger partial charge in [-0.2, -0.15) is 0 Å². The quantitative estimate of drug-likeness (QED) is 0.525. The molecule has 1 nitrogen and oxygen atoms in total. The summed E-state index contributed by atoms with van der Waals surface area (Å²) in [5.41, 5.74) is -0.00617. The van der Waals surface area contributed by atoms with Gasteiger partial charge in [-0.05, 0) is 25.7 Å². The van der Waals surface area contributed by atoms with E-state index in [1.165, 1.54) is 12.8 Å². The fraction of sp³-hybridized carbons (Fsp3) is 1.00. The Morgan fingerprint density at radius 2 is 1.85 bits per heavy atom. The third-order valence-corrected chi connectivity index (χ3v) is 5.32. The number of rotatable bonds is 3. The first-order valence-corrected chi connectivity index (χ1v) is 6.57. The lowest BCUT2D eigenvalue weighted by atomic mass is 9.72. The van der Waals surface area contributed by atoms with Crippen molar-refractivity contribution < 1.29 is 4.43 Å². The second-order valence-corrected chi connectivity index (χ2v) is 5.21. The molecule has 0 aliphatic heterocycles. The van der Waals surface area contributed by atoms with Crippen molar-refractivity contribution in [2.45, 2.75) is 62.8 Å². The van der Waals surface area contributed by atoms with Crippen molar-refractivity contribution in [3.8, 4) is 0 Å². The highest BCUT2D eigenvalue weighted by molar-refractivity contribution is 6.25. The van der Waals surface area contributed by atoms with E-state index >= 15 is 0 Å². The fourth-order valence-corrected chi connectivity index (χ4v) is 4.14. The lowest BCUT2D eigenvalue weighted by molar-refractivity contribution is -0.00682. The Labute approximate surface area is 89.7 Å². The highest BCUT2D eigenvalue weighted by atomic mass is 35.5. The van der Waals surface area contributed by atoms with Crippen molar-refractivity contribution in [1.29, 1.82) is 0 Å². The van der Waals surface area contributed by atoms with Gasteiger partial charge < -0.3 is 4.43 Å². The minimum atomic E-state index is -0.0816. The summed E-state index contributed by atoms with van der Waals surface area (Å²) in [5.74, 6) is 0. The highest BCUT2D eigenvalue weighted by Crippen LogP contribution is 2.48. The molecule has 1 rings (SSSR count). The van der Waals surface area contributed by atoms with E-state index in [2.05, 4.69) is 13.8 Å². The molecule has 1 aliphatic rings. The summed E-state index contributed by atoms with van der Waals surface area (Å²) in [5, 5.41) is 0. The van der Waals surface area contributed by atoms with E-state index in [1.54, 1.807) is 0 Å². The molecule has 0 bridgehead atoms. The molecule has 0 aromatic heterocycles. The zero-order chi connectivity index (χ0) is 9.95. The molecule has 0 amide bonds. The molecular formula is C10H21ClOSi. The standard InChI is InChI=1S/C10H21ClOSi/c1-3-9(11)7-5-6-8-10(9,4-2)12-13/h3-8H2,1-2,13H3. The van der Waals surface area contributed by atoms with Crippen LogP contribution in [0.4, 0.5) is 0 Å². The maximum atomic E-state index is 6.68. The Kier molecular flexibility index (Phi) is 3.84. The molecule has 0 aromatic carbocycles. The molecule has 2 atom stereocenters. The molecule has 0 saturated heterocycles. The van der Waals surface area contributed by atoms with Crippen LogP contribution in [0.2, 0.25) is 0 Å². The normalized spacial score (nSPS) is 40.8. The van der Waals surface area contributed by atoms with E-state index in [0.717, 1.165) is 36.2 Å². The molecule has 3 heteroatoms. The van der Waals surface area contributed by atoms with Crippen LogP contribution >= 0.6 is 11.6 Å². The first-order valence-electron chi connectivity index (χ1n) is 5.38. The second kappa shape index (κ2) is 4.33. The van der Waals surface area contributed by atoms with Crippen LogP contribution in [0, 0.1) is 0 Å². The second-order valence-electron chi connectivity index (χ2n) is 4.08. The van der Waals surface area contributed by atoms with Crippen LogP contribution in [0.1, 0.15) is 52.4 Å². The van der Waals surface area contributed by atoms with E-state index in [9.17, 15) is 0 Å². The monoisotopic (exact) mass is 220 g/mol. The zero-order valence-electron chi connectivity index (χ0n) is 9.03. The minimum absolute atomic E-state index is 0.00617. The first-order chi connectivity index (χ1) is 6.14. The van der Waals surface area contributed by atoms with Gasteiger partial charge in [-0.15, -0.1) is 11.6 Å². The molecule has 0 N–H and O–H groups in total. The predicted molar refractivity (Wildman–Crippen MR) is 61.4 cm³/mol. The van der Waals surface area contributed by atoms with Gasteiger partial charge in [0.25, 0.3) is 0 Å². The SMILES string of the molecule is CCC1(Cl)CCCCC1(CC)O[SiH3]. The van der Waals surface area contributed by atoms with Gasteiger partial charge in [0.1, 0.15) is 10.5 Å². The summed E-state index contributed by atoms with van der Waals surface area (Å²) in [6.07, 6.45) is 6.93. The van der Waals surface area contributed by atoms with Gasteiger partial charge in [0.15, 0.2) is 0 Å². The molecule has 0 heterocycles. The number of hydrogen-bond acceptors (Lipinski definition) is 1.